The molecule has 0 aliphatic rings. The van der Waals surface area contributed by atoms with Crippen molar-refractivity contribution >= 4 is 34.9 Å². The largest absolute Gasteiger partial charge is 0.430 e. The zero-order chi connectivity index (χ0) is 13.0. The minimum atomic E-state index is -0.503. The van der Waals surface area contributed by atoms with Gasteiger partial charge in [-0.1, -0.05) is 12.1 Å². The van der Waals surface area contributed by atoms with Gasteiger partial charge in [-0.2, -0.15) is 0 Å². The Morgan fingerprint density at radius 2 is 2.11 bits per heavy atom. The van der Waals surface area contributed by atoms with Crippen LogP contribution in [-0.4, -0.2) is 16.8 Å². The summed E-state index contributed by atoms with van der Waals surface area (Å²) in [6.45, 7) is 0. The molecule has 0 fully saturated rings. The minimum absolute atomic E-state index is 0.0277. The second-order valence-corrected chi connectivity index (χ2v) is 4.30. The van der Waals surface area contributed by atoms with E-state index >= 15 is 0 Å². The van der Waals surface area contributed by atoms with Gasteiger partial charge in [0.25, 0.3) is 5.22 Å². The number of para-hydroxylation sites is 2. The molecule has 0 saturated carbocycles. The van der Waals surface area contributed by atoms with Crippen LogP contribution in [0.3, 0.4) is 0 Å². The Hall–Kier alpha value is -2.02. The number of primary amides is 1. The lowest BCUT2D eigenvalue weighted by atomic mass is 10.3. The van der Waals surface area contributed by atoms with Gasteiger partial charge in [0.2, 0.25) is 11.8 Å². The van der Waals surface area contributed by atoms with Crippen LogP contribution < -0.4 is 10.5 Å². The van der Waals surface area contributed by atoms with Crippen molar-refractivity contribution in [1.29, 1.82) is 0 Å². The van der Waals surface area contributed by atoms with Crippen molar-refractivity contribution in [2.45, 2.75) is 18.1 Å². The van der Waals surface area contributed by atoms with Crippen molar-refractivity contribution in [3.63, 3.8) is 0 Å². The van der Waals surface area contributed by atoms with Crippen LogP contribution in [0.2, 0.25) is 0 Å². The molecule has 18 heavy (non-hydrogen) atoms. The normalized spacial score (nSPS) is 10.4. The summed E-state index contributed by atoms with van der Waals surface area (Å²) in [6.07, 6.45) is 0.0858. The Morgan fingerprint density at radius 1 is 1.33 bits per heavy atom. The third kappa shape index (κ3) is 3.24. The Labute approximate surface area is 107 Å². The van der Waals surface area contributed by atoms with Crippen LogP contribution in [0.15, 0.2) is 33.9 Å². The predicted molar refractivity (Wildman–Crippen MR) is 66.4 cm³/mol. The quantitative estimate of drug-likeness (QED) is 0.792. The minimum Gasteiger partial charge on any atom is -0.430 e. The first-order valence-corrected chi connectivity index (χ1v) is 6.06. The van der Waals surface area contributed by atoms with Gasteiger partial charge in [0, 0.05) is 24.8 Å². The fraction of sp³-hybridized carbons (Fsp3) is 0.182. The van der Waals surface area contributed by atoms with Gasteiger partial charge in [0.05, 0.1) is 0 Å². The van der Waals surface area contributed by atoms with Crippen molar-refractivity contribution in [3.05, 3.63) is 24.3 Å². The highest BCUT2D eigenvalue weighted by atomic mass is 32.2. The number of nitrogens with zero attached hydrogens (tertiary/aromatic N) is 1. The lowest BCUT2D eigenvalue weighted by Gasteiger charge is -1.98. The number of nitrogens with one attached hydrogen (secondary N) is 1. The van der Waals surface area contributed by atoms with Crippen LogP contribution in [0.5, 0.6) is 0 Å². The second kappa shape index (κ2) is 5.54. The van der Waals surface area contributed by atoms with Gasteiger partial charge in [-0.05, 0) is 12.1 Å². The van der Waals surface area contributed by atoms with Gasteiger partial charge in [-0.3, -0.25) is 14.3 Å². The first-order valence-electron chi connectivity index (χ1n) is 5.25. The zero-order valence-corrected chi connectivity index (χ0v) is 10.2. The molecule has 0 aliphatic carbocycles. The molecule has 0 aliphatic heterocycles. The van der Waals surface area contributed by atoms with Crippen LogP contribution in [0.4, 0.5) is 0 Å². The highest BCUT2D eigenvalue weighted by Gasteiger charge is 2.09. The van der Waals surface area contributed by atoms with E-state index in [1.54, 1.807) is 6.07 Å². The number of rotatable bonds is 5. The van der Waals surface area contributed by atoms with E-state index in [4.69, 9.17) is 10.2 Å². The maximum absolute atomic E-state index is 11.3. The molecule has 0 unspecified atom stereocenters. The van der Waals surface area contributed by atoms with Crippen LogP contribution in [0, 0.1) is 0 Å². The highest BCUT2D eigenvalue weighted by Crippen LogP contribution is 2.21. The van der Waals surface area contributed by atoms with Crippen molar-refractivity contribution < 1.29 is 14.0 Å². The summed E-state index contributed by atoms with van der Waals surface area (Å²) in [5, 5.41) is 0.351. The topological polar surface area (TPSA) is 98.2 Å². The van der Waals surface area contributed by atoms with Crippen molar-refractivity contribution in [3.8, 4) is 0 Å². The fourth-order valence-electron chi connectivity index (χ4n) is 1.28. The maximum atomic E-state index is 11.3. The molecule has 1 aromatic carbocycles. The predicted octanol–water partition coefficient (Wildman–Crippen LogP) is 1.22. The van der Waals surface area contributed by atoms with Gasteiger partial charge in [-0.25, -0.2) is 4.98 Å². The molecule has 7 heteroatoms. The van der Waals surface area contributed by atoms with Gasteiger partial charge >= 0.3 is 0 Å². The maximum Gasteiger partial charge on any atom is 0.277 e. The molecular weight excluding hydrogens is 254 g/mol. The number of fused-ring (bicyclic) bond motifs is 1. The summed E-state index contributed by atoms with van der Waals surface area (Å²) in [5.41, 5.74) is 6.33. The molecule has 0 bridgehead atoms. The lowest BCUT2D eigenvalue weighted by Crippen LogP contribution is -2.19. The Balaban J connectivity index is 1.90. The third-order valence-corrected chi connectivity index (χ3v) is 2.80. The molecule has 2 aromatic rings. The van der Waals surface area contributed by atoms with E-state index < -0.39 is 5.91 Å². The summed E-state index contributed by atoms with van der Waals surface area (Å²) in [6, 6.07) is 7.30. The number of hydrogen-bond acceptors (Lipinski definition) is 5. The number of aromatic nitrogens is 1. The first-order chi connectivity index (χ1) is 8.65. The number of carbonyl (C=O) groups excluding carboxylic acids is 2. The first kappa shape index (κ1) is 12.4. The molecule has 1 heterocycles. The number of benzene rings is 1. The molecule has 0 atom stereocenters. The van der Waals surface area contributed by atoms with Gasteiger partial charge in [0.1, 0.15) is 5.52 Å². The number of oxazole rings is 1. The van der Waals surface area contributed by atoms with E-state index in [2.05, 4.69) is 9.71 Å². The van der Waals surface area contributed by atoms with Crippen molar-refractivity contribution in [2.24, 2.45) is 5.73 Å². The van der Waals surface area contributed by atoms with E-state index in [-0.39, 0.29) is 18.7 Å². The standard InChI is InChI=1S/C11H11N3O3S/c12-9(15)5-6-10(16)14-18-11-13-7-3-1-2-4-8(7)17-11/h1-4H,5-6H2,(H2,12,15)(H,14,16). The molecule has 2 rings (SSSR count). The molecule has 6 nitrogen and oxygen atoms in total. The second-order valence-electron chi connectivity index (χ2n) is 3.54. The smallest absolute Gasteiger partial charge is 0.277 e. The number of carbonyl (C=O) groups is 2. The molecule has 0 saturated heterocycles. The number of hydrogen-bond donors (Lipinski definition) is 2. The van der Waals surface area contributed by atoms with Crippen LogP contribution in [0.25, 0.3) is 11.1 Å². The highest BCUT2D eigenvalue weighted by molar-refractivity contribution is 7.97. The lowest BCUT2D eigenvalue weighted by molar-refractivity contribution is -0.123. The van der Waals surface area contributed by atoms with Crippen molar-refractivity contribution in [1.82, 2.24) is 9.71 Å². The summed E-state index contributed by atoms with van der Waals surface area (Å²) < 4.78 is 7.92. The van der Waals surface area contributed by atoms with E-state index in [0.717, 1.165) is 17.5 Å². The zero-order valence-electron chi connectivity index (χ0n) is 9.38. The average molecular weight is 265 g/mol. The van der Waals surface area contributed by atoms with E-state index in [0.29, 0.717) is 10.8 Å². The number of amides is 2. The third-order valence-electron chi connectivity index (χ3n) is 2.12. The molecule has 3 N–H and O–H groups in total. The molecule has 0 radical (unpaired) electrons. The van der Waals surface area contributed by atoms with Crippen LogP contribution in [0.1, 0.15) is 12.8 Å². The van der Waals surface area contributed by atoms with Crippen molar-refractivity contribution in [2.75, 3.05) is 0 Å². The van der Waals surface area contributed by atoms with E-state index in [1.807, 2.05) is 18.2 Å². The van der Waals surface area contributed by atoms with Gasteiger partial charge in [0.15, 0.2) is 5.58 Å². The van der Waals surface area contributed by atoms with Gasteiger partial charge < -0.3 is 10.2 Å². The SMILES string of the molecule is NC(=O)CCC(=O)NSc1nc2ccccc2o1. The summed E-state index contributed by atoms with van der Waals surface area (Å²) >= 11 is 0.976. The Kier molecular flexibility index (Phi) is 3.83. The molecule has 94 valence electrons. The summed E-state index contributed by atoms with van der Waals surface area (Å²) in [4.78, 5) is 26.0. The Morgan fingerprint density at radius 3 is 2.83 bits per heavy atom. The molecule has 1 aromatic heterocycles. The fourth-order valence-corrected chi connectivity index (χ4v) is 1.86. The summed E-state index contributed by atoms with van der Waals surface area (Å²) in [5.74, 6) is -0.793. The van der Waals surface area contributed by atoms with Crippen LogP contribution >= 0.6 is 11.9 Å². The number of nitrogens with two attached hydrogens (primary N) is 1. The van der Waals surface area contributed by atoms with Gasteiger partial charge in [-0.15, -0.1) is 0 Å². The molecule has 0 spiro atoms. The van der Waals surface area contributed by atoms with E-state index in [1.165, 1.54) is 0 Å². The van der Waals surface area contributed by atoms with Crippen LogP contribution in [-0.2, 0) is 9.59 Å². The molecule has 2 amide bonds. The molecular formula is C11H11N3O3S. The summed E-state index contributed by atoms with van der Waals surface area (Å²) in [7, 11) is 0. The Bertz CT molecular complexity index is 549. The van der Waals surface area contributed by atoms with E-state index in [9.17, 15) is 9.59 Å². The monoisotopic (exact) mass is 265 g/mol. The average Bonchev–Trinajstić information content (AvgIpc) is 2.76.